The number of nitrogens with zero attached hydrogens (tertiary/aromatic N) is 2. The van der Waals surface area contributed by atoms with Gasteiger partial charge in [-0.15, -0.1) is 0 Å². The number of pyridine rings is 1. The van der Waals surface area contributed by atoms with Gasteiger partial charge in [0.15, 0.2) is 11.5 Å². The van der Waals surface area contributed by atoms with Gasteiger partial charge < -0.3 is 14.6 Å². The number of aryl methyl sites for hydroxylation is 1. The third-order valence-corrected chi connectivity index (χ3v) is 8.56. The zero-order chi connectivity index (χ0) is 28.6. The molecule has 10 heteroatoms. The Morgan fingerprint density at radius 1 is 0.805 bits per heavy atom. The SMILES string of the molecule is O=C(O)CCc1ccc(S(=O)(=O)N(C(=O)c2c3ccccc3nc3ccccc23)c2ccc3c(c2)OCCO3)cc1. The predicted molar refractivity (Wildman–Crippen MR) is 153 cm³/mol. The molecule has 6 rings (SSSR count). The zero-order valence-electron chi connectivity index (χ0n) is 21.7. The number of anilines is 1. The fourth-order valence-corrected chi connectivity index (χ4v) is 6.27. The van der Waals surface area contributed by atoms with E-state index in [0.29, 0.717) is 45.5 Å². The second-order valence-electron chi connectivity index (χ2n) is 9.46. The Hall–Kier alpha value is -4.96. The first-order valence-corrected chi connectivity index (χ1v) is 14.3. The van der Waals surface area contributed by atoms with Gasteiger partial charge in [0.2, 0.25) is 0 Å². The molecule has 0 saturated carbocycles. The topological polar surface area (TPSA) is 123 Å². The average molecular weight is 569 g/mol. The van der Waals surface area contributed by atoms with Crippen LogP contribution in [0.4, 0.5) is 5.69 Å². The van der Waals surface area contributed by atoms with E-state index >= 15 is 0 Å². The van der Waals surface area contributed by atoms with Crippen molar-refractivity contribution >= 4 is 49.4 Å². The number of aromatic nitrogens is 1. The molecule has 41 heavy (non-hydrogen) atoms. The van der Waals surface area contributed by atoms with E-state index in [1.54, 1.807) is 66.7 Å². The summed E-state index contributed by atoms with van der Waals surface area (Å²) < 4.78 is 40.7. The van der Waals surface area contributed by atoms with E-state index in [1.165, 1.54) is 24.3 Å². The van der Waals surface area contributed by atoms with E-state index in [1.807, 2.05) is 0 Å². The molecule has 9 nitrogen and oxygen atoms in total. The lowest BCUT2D eigenvalue weighted by Crippen LogP contribution is -2.37. The molecule has 1 N–H and O–H groups in total. The molecule has 4 aromatic carbocycles. The number of hydrogen-bond donors (Lipinski definition) is 1. The normalized spacial score (nSPS) is 12.8. The lowest BCUT2D eigenvalue weighted by molar-refractivity contribution is -0.136. The first kappa shape index (κ1) is 26.3. The molecule has 2 heterocycles. The number of fused-ring (bicyclic) bond motifs is 3. The maximum Gasteiger partial charge on any atom is 0.303 e. The Morgan fingerprint density at radius 2 is 1.41 bits per heavy atom. The van der Waals surface area contributed by atoms with Crippen molar-refractivity contribution in [3.8, 4) is 11.5 Å². The van der Waals surface area contributed by atoms with Crippen LogP contribution in [-0.4, -0.2) is 43.6 Å². The van der Waals surface area contributed by atoms with Crippen molar-refractivity contribution in [1.29, 1.82) is 0 Å². The van der Waals surface area contributed by atoms with Crippen LogP contribution in [0.2, 0.25) is 0 Å². The summed E-state index contributed by atoms with van der Waals surface area (Å²) in [7, 11) is -4.46. The highest BCUT2D eigenvalue weighted by Gasteiger charge is 2.35. The Balaban J connectivity index is 1.54. The molecule has 1 aliphatic heterocycles. The number of sulfonamides is 1. The molecule has 0 aliphatic carbocycles. The predicted octanol–water partition coefficient (Wildman–Crippen LogP) is 5.21. The number of benzene rings is 4. The van der Waals surface area contributed by atoms with Crippen LogP contribution in [0.15, 0.2) is 95.9 Å². The lowest BCUT2D eigenvalue weighted by Gasteiger charge is -2.26. The number of carbonyl (C=O) groups excluding carboxylic acids is 1. The van der Waals surface area contributed by atoms with Gasteiger partial charge in [-0.25, -0.2) is 13.4 Å². The van der Waals surface area contributed by atoms with Gasteiger partial charge in [0.25, 0.3) is 15.9 Å². The number of carboxylic acid groups (broad SMARTS) is 1. The van der Waals surface area contributed by atoms with Crippen molar-refractivity contribution in [2.45, 2.75) is 17.7 Å². The summed E-state index contributed by atoms with van der Waals surface area (Å²) in [5.74, 6) is -0.928. The number of ether oxygens (including phenoxy) is 2. The summed E-state index contributed by atoms with van der Waals surface area (Å²) in [6.45, 7) is 0.644. The van der Waals surface area contributed by atoms with Crippen LogP contribution < -0.4 is 13.8 Å². The van der Waals surface area contributed by atoms with Gasteiger partial charge >= 0.3 is 5.97 Å². The molecule has 5 aromatic rings. The number of hydrogen-bond acceptors (Lipinski definition) is 7. The molecule has 0 saturated heterocycles. The number of carboxylic acids is 1. The number of para-hydroxylation sites is 2. The van der Waals surface area contributed by atoms with Crippen molar-refractivity contribution in [2.24, 2.45) is 0 Å². The molecule has 1 aromatic heterocycles. The van der Waals surface area contributed by atoms with Crippen LogP contribution in [0.25, 0.3) is 21.8 Å². The van der Waals surface area contributed by atoms with Crippen molar-refractivity contribution in [3.05, 3.63) is 102 Å². The van der Waals surface area contributed by atoms with Crippen LogP contribution in [-0.2, 0) is 21.2 Å². The molecule has 0 radical (unpaired) electrons. The van der Waals surface area contributed by atoms with Crippen LogP contribution in [0.3, 0.4) is 0 Å². The van der Waals surface area contributed by atoms with Crippen molar-refractivity contribution in [1.82, 2.24) is 4.98 Å². The Morgan fingerprint density at radius 3 is 2.05 bits per heavy atom. The highest BCUT2D eigenvalue weighted by Crippen LogP contribution is 2.38. The summed E-state index contributed by atoms with van der Waals surface area (Å²) in [6, 6.07) is 24.6. The van der Waals surface area contributed by atoms with Gasteiger partial charge in [-0.3, -0.25) is 9.59 Å². The first-order valence-electron chi connectivity index (χ1n) is 12.9. The highest BCUT2D eigenvalue weighted by atomic mass is 32.2. The summed E-state index contributed by atoms with van der Waals surface area (Å²) in [5.41, 5.74) is 2.05. The minimum absolute atomic E-state index is 0.0826. The maximum absolute atomic E-state index is 14.6. The maximum atomic E-state index is 14.6. The van der Waals surface area contributed by atoms with Crippen LogP contribution in [0, 0.1) is 0 Å². The number of amides is 1. The summed E-state index contributed by atoms with van der Waals surface area (Å²) in [4.78, 5) is 30.1. The lowest BCUT2D eigenvalue weighted by atomic mass is 10.0. The minimum atomic E-state index is -4.46. The van der Waals surface area contributed by atoms with Crippen molar-refractivity contribution in [2.75, 3.05) is 17.5 Å². The smallest absolute Gasteiger partial charge is 0.303 e. The quantitative estimate of drug-likeness (QED) is 0.266. The van der Waals surface area contributed by atoms with Gasteiger partial charge in [-0.1, -0.05) is 48.5 Å². The second kappa shape index (κ2) is 10.5. The summed E-state index contributed by atoms with van der Waals surface area (Å²) in [5, 5.41) is 10.0. The molecule has 206 valence electrons. The fourth-order valence-electron chi connectivity index (χ4n) is 4.88. The van der Waals surface area contributed by atoms with Gasteiger partial charge in [0, 0.05) is 23.3 Å². The molecule has 0 fully saturated rings. The van der Waals surface area contributed by atoms with Crippen LogP contribution in [0.1, 0.15) is 22.3 Å². The molecule has 0 spiro atoms. The van der Waals surface area contributed by atoms with Crippen molar-refractivity contribution < 1.29 is 32.6 Å². The Labute approximate surface area is 235 Å². The molecule has 1 amide bonds. The number of carbonyl (C=O) groups is 2. The highest BCUT2D eigenvalue weighted by molar-refractivity contribution is 7.93. The molecule has 0 bridgehead atoms. The molecular weight excluding hydrogens is 544 g/mol. The summed E-state index contributed by atoms with van der Waals surface area (Å²) in [6.07, 6.45) is 0.158. The molecular formula is C31H24N2O7S. The first-order chi connectivity index (χ1) is 19.8. The standard InChI is InChI=1S/C31H24N2O7S/c34-29(35)16-11-20-9-13-22(14-10-20)41(37,38)33(21-12-15-27-28(19-21)40-18-17-39-27)31(36)30-23-5-1-3-7-25(23)32-26-8-4-2-6-24(26)30/h1-10,12-15,19H,11,16-18H2,(H,34,35). The van der Waals surface area contributed by atoms with Gasteiger partial charge in [-0.2, -0.15) is 4.31 Å². The van der Waals surface area contributed by atoms with Gasteiger partial charge in [0.05, 0.1) is 27.2 Å². The average Bonchev–Trinajstić information content (AvgIpc) is 2.98. The summed E-state index contributed by atoms with van der Waals surface area (Å²) >= 11 is 0. The van der Waals surface area contributed by atoms with Crippen LogP contribution in [0.5, 0.6) is 11.5 Å². The number of rotatable bonds is 7. The third-order valence-electron chi connectivity index (χ3n) is 6.84. The second-order valence-corrected chi connectivity index (χ2v) is 11.2. The van der Waals surface area contributed by atoms with Gasteiger partial charge in [-0.05, 0) is 48.4 Å². The monoisotopic (exact) mass is 568 g/mol. The Bertz CT molecular complexity index is 1870. The van der Waals surface area contributed by atoms with E-state index < -0.39 is 21.9 Å². The third kappa shape index (κ3) is 4.93. The largest absolute Gasteiger partial charge is 0.486 e. The van der Waals surface area contributed by atoms with E-state index in [0.717, 1.165) is 4.31 Å². The van der Waals surface area contributed by atoms with Crippen LogP contribution >= 0.6 is 0 Å². The van der Waals surface area contributed by atoms with E-state index in [2.05, 4.69) is 4.98 Å². The van der Waals surface area contributed by atoms with Gasteiger partial charge in [0.1, 0.15) is 13.2 Å². The molecule has 0 unspecified atom stereocenters. The molecule has 0 atom stereocenters. The molecule has 1 aliphatic rings. The Kier molecular flexibility index (Phi) is 6.76. The minimum Gasteiger partial charge on any atom is -0.486 e. The zero-order valence-corrected chi connectivity index (χ0v) is 22.5. The van der Waals surface area contributed by atoms with E-state index in [9.17, 15) is 18.0 Å². The van der Waals surface area contributed by atoms with Crippen molar-refractivity contribution in [3.63, 3.8) is 0 Å². The van der Waals surface area contributed by atoms with E-state index in [-0.39, 0.29) is 35.6 Å². The number of aliphatic carboxylic acids is 1. The fraction of sp³-hybridized carbons (Fsp3) is 0.129. The van der Waals surface area contributed by atoms with E-state index in [4.69, 9.17) is 14.6 Å².